The van der Waals surface area contributed by atoms with E-state index < -0.39 is 0 Å². The lowest BCUT2D eigenvalue weighted by Gasteiger charge is -2.25. The van der Waals surface area contributed by atoms with Gasteiger partial charge in [0.1, 0.15) is 11.4 Å². The highest BCUT2D eigenvalue weighted by Gasteiger charge is 2.18. The molecule has 0 unspecified atom stereocenters. The predicted molar refractivity (Wildman–Crippen MR) is 93.0 cm³/mol. The molecule has 0 aromatic carbocycles. The minimum absolute atomic E-state index is 0.0276. The minimum Gasteiger partial charge on any atom is -0.341 e. The number of fused-ring (bicyclic) bond motifs is 1. The number of rotatable bonds is 2. The van der Waals surface area contributed by atoms with Gasteiger partial charge < -0.3 is 4.90 Å². The van der Waals surface area contributed by atoms with Crippen molar-refractivity contribution in [3.63, 3.8) is 0 Å². The summed E-state index contributed by atoms with van der Waals surface area (Å²) in [6.07, 6.45) is 7.26. The fraction of sp³-hybridized carbons (Fsp3) is 0.588. The van der Waals surface area contributed by atoms with Gasteiger partial charge in [0.2, 0.25) is 5.91 Å². The van der Waals surface area contributed by atoms with Crippen LogP contribution in [-0.4, -0.2) is 33.4 Å². The molecular formula is C17H23N3O2S. The Labute approximate surface area is 139 Å². The standard InChI is InChI=1S/C17H23N3O2S/c1-12-13(2)23-16-15(12)17(22)20(11-18-16)10-14(21)19-8-6-4-3-5-7-9-19/h11H,3-10H2,1-2H3. The number of thiophene rings is 1. The van der Waals surface area contributed by atoms with Gasteiger partial charge >= 0.3 is 0 Å². The Kier molecular flexibility index (Phi) is 4.80. The largest absolute Gasteiger partial charge is 0.341 e. The Hall–Kier alpha value is -1.69. The zero-order chi connectivity index (χ0) is 16.4. The maximum absolute atomic E-state index is 12.7. The third-order valence-corrected chi connectivity index (χ3v) is 5.79. The van der Waals surface area contributed by atoms with E-state index in [1.165, 1.54) is 41.5 Å². The quantitative estimate of drug-likeness (QED) is 0.849. The second-order valence-electron chi connectivity index (χ2n) is 6.29. The predicted octanol–water partition coefficient (Wildman–Crippen LogP) is 2.87. The van der Waals surface area contributed by atoms with E-state index in [-0.39, 0.29) is 18.0 Å². The average molecular weight is 333 g/mol. The molecule has 1 fully saturated rings. The fourth-order valence-corrected chi connectivity index (χ4v) is 4.11. The monoisotopic (exact) mass is 333 g/mol. The summed E-state index contributed by atoms with van der Waals surface area (Å²) in [6, 6.07) is 0. The van der Waals surface area contributed by atoms with Crippen LogP contribution in [0.25, 0.3) is 10.2 Å². The van der Waals surface area contributed by atoms with E-state index in [4.69, 9.17) is 0 Å². The molecule has 0 aliphatic carbocycles. The molecule has 0 spiro atoms. The Bertz CT molecular complexity index is 770. The van der Waals surface area contributed by atoms with Crippen LogP contribution in [0.3, 0.4) is 0 Å². The molecule has 23 heavy (non-hydrogen) atoms. The van der Waals surface area contributed by atoms with E-state index in [1.54, 1.807) is 0 Å². The molecule has 0 N–H and O–H groups in total. The first-order valence-corrected chi connectivity index (χ1v) is 9.12. The molecule has 0 radical (unpaired) electrons. The maximum atomic E-state index is 12.7. The van der Waals surface area contributed by atoms with Crippen LogP contribution in [0.1, 0.15) is 42.5 Å². The van der Waals surface area contributed by atoms with Gasteiger partial charge in [-0.1, -0.05) is 19.3 Å². The van der Waals surface area contributed by atoms with Gasteiger partial charge in [0.15, 0.2) is 0 Å². The summed E-state index contributed by atoms with van der Waals surface area (Å²) >= 11 is 1.53. The first-order chi connectivity index (χ1) is 11.1. The summed E-state index contributed by atoms with van der Waals surface area (Å²) in [5, 5.41) is 0.662. The van der Waals surface area contributed by atoms with Crippen LogP contribution in [0, 0.1) is 13.8 Å². The van der Waals surface area contributed by atoms with E-state index in [0.29, 0.717) is 5.39 Å². The topological polar surface area (TPSA) is 55.2 Å². The number of aryl methyl sites for hydroxylation is 2. The van der Waals surface area contributed by atoms with Crippen LogP contribution in [0.5, 0.6) is 0 Å². The smallest absolute Gasteiger partial charge is 0.262 e. The number of carbonyl (C=O) groups is 1. The summed E-state index contributed by atoms with van der Waals surface area (Å²) in [5.41, 5.74) is 0.882. The van der Waals surface area contributed by atoms with E-state index in [9.17, 15) is 9.59 Å². The normalized spacial score (nSPS) is 16.3. The van der Waals surface area contributed by atoms with Crippen LogP contribution in [0.2, 0.25) is 0 Å². The number of amides is 1. The highest BCUT2D eigenvalue weighted by atomic mass is 32.1. The van der Waals surface area contributed by atoms with Crippen LogP contribution in [-0.2, 0) is 11.3 Å². The van der Waals surface area contributed by atoms with E-state index >= 15 is 0 Å². The molecule has 0 saturated carbocycles. The van der Waals surface area contributed by atoms with Gasteiger partial charge in [0, 0.05) is 18.0 Å². The Morgan fingerprint density at radius 3 is 2.52 bits per heavy atom. The van der Waals surface area contributed by atoms with Gasteiger partial charge in [-0.25, -0.2) is 4.98 Å². The fourth-order valence-electron chi connectivity index (χ4n) is 3.13. The number of likely N-dealkylation sites (tertiary alicyclic amines) is 1. The van der Waals surface area contributed by atoms with Crippen molar-refractivity contribution in [2.75, 3.05) is 13.1 Å². The molecule has 1 saturated heterocycles. The lowest BCUT2D eigenvalue weighted by molar-refractivity contribution is -0.132. The van der Waals surface area contributed by atoms with Gasteiger partial charge in [0.25, 0.3) is 5.56 Å². The molecule has 6 heteroatoms. The lowest BCUT2D eigenvalue weighted by atomic mass is 10.1. The highest BCUT2D eigenvalue weighted by molar-refractivity contribution is 7.18. The number of aromatic nitrogens is 2. The third kappa shape index (κ3) is 3.32. The van der Waals surface area contributed by atoms with Crippen molar-refractivity contribution < 1.29 is 4.79 Å². The molecule has 2 aromatic heterocycles. The molecule has 1 aliphatic heterocycles. The first-order valence-electron chi connectivity index (χ1n) is 8.31. The zero-order valence-electron chi connectivity index (χ0n) is 13.8. The Morgan fingerprint density at radius 2 is 1.83 bits per heavy atom. The zero-order valence-corrected chi connectivity index (χ0v) is 14.6. The molecule has 1 aliphatic rings. The van der Waals surface area contributed by atoms with E-state index in [1.807, 2.05) is 18.7 Å². The summed E-state index contributed by atoms with van der Waals surface area (Å²) in [5.74, 6) is 0.0276. The Balaban J connectivity index is 1.83. The van der Waals surface area contributed by atoms with Gasteiger partial charge in [-0.2, -0.15) is 0 Å². The number of hydrogen-bond acceptors (Lipinski definition) is 4. The Morgan fingerprint density at radius 1 is 1.17 bits per heavy atom. The highest BCUT2D eigenvalue weighted by Crippen LogP contribution is 2.25. The van der Waals surface area contributed by atoms with E-state index in [2.05, 4.69) is 4.98 Å². The molecule has 5 nitrogen and oxygen atoms in total. The van der Waals surface area contributed by atoms with Crippen molar-refractivity contribution in [1.82, 2.24) is 14.5 Å². The molecule has 0 bridgehead atoms. The van der Waals surface area contributed by atoms with Crippen molar-refractivity contribution >= 4 is 27.5 Å². The summed E-state index contributed by atoms with van der Waals surface area (Å²) in [4.78, 5) is 33.4. The van der Waals surface area contributed by atoms with Crippen molar-refractivity contribution in [3.05, 3.63) is 27.1 Å². The maximum Gasteiger partial charge on any atom is 0.262 e. The summed E-state index contributed by atoms with van der Waals surface area (Å²) < 4.78 is 1.46. The third-order valence-electron chi connectivity index (χ3n) is 4.67. The molecular weight excluding hydrogens is 310 g/mol. The van der Waals surface area contributed by atoms with Crippen LogP contribution < -0.4 is 5.56 Å². The van der Waals surface area contributed by atoms with E-state index in [0.717, 1.165) is 41.2 Å². The molecule has 1 amide bonds. The number of carbonyl (C=O) groups excluding carboxylic acids is 1. The van der Waals surface area contributed by atoms with Crippen LogP contribution >= 0.6 is 11.3 Å². The molecule has 3 rings (SSSR count). The second kappa shape index (κ2) is 6.83. The summed E-state index contributed by atoms with van der Waals surface area (Å²) in [7, 11) is 0. The van der Waals surface area contributed by atoms with Gasteiger partial charge in [0.05, 0.1) is 11.7 Å². The summed E-state index contributed by atoms with van der Waals surface area (Å²) in [6.45, 7) is 5.65. The van der Waals surface area contributed by atoms with Crippen LogP contribution in [0.4, 0.5) is 0 Å². The average Bonchev–Trinajstić information content (AvgIpc) is 2.77. The molecule has 3 heterocycles. The van der Waals surface area contributed by atoms with Gasteiger partial charge in [-0.15, -0.1) is 11.3 Å². The van der Waals surface area contributed by atoms with Crippen molar-refractivity contribution in [3.8, 4) is 0 Å². The number of nitrogens with zero attached hydrogens (tertiary/aromatic N) is 3. The number of hydrogen-bond donors (Lipinski definition) is 0. The second-order valence-corrected chi connectivity index (χ2v) is 7.49. The lowest BCUT2D eigenvalue weighted by Crippen LogP contribution is -2.38. The molecule has 0 atom stereocenters. The van der Waals surface area contributed by atoms with Crippen molar-refractivity contribution in [1.29, 1.82) is 0 Å². The van der Waals surface area contributed by atoms with Gasteiger partial charge in [-0.3, -0.25) is 14.2 Å². The minimum atomic E-state index is -0.0998. The van der Waals surface area contributed by atoms with Crippen molar-refractivity contribution in [2.24, 2.45) is 0 Å². The van der Waals surface area contributed by atoms with Crippen LogP contribution in [0.15, 0.2) is 11.1 Å². The SMILES string of the molecule is Cc1sc2ncn(CC(=O)N3CCCCCCC3)c(=O)c2c1C. The molecule has 2 aromatic rings. The first kappa shape index (κ1) is 16.2. The van der Waals surface area contributed by atoms with Gasteiger partial charge in [-0.05, 0) is 32.3 Å². The van der Waals surface area contributed by atoms with Crippen molar-refractivity contribution in [2.45, 2.75) is 52.5 Å². The molecule has 124 valence electrons.